The van der Waals surface area contributed by atoms with E-state index in [2.05, 4.69) is 9.88 Å². The third-order valence-electron chi connectivity index (χ3n) is 2.10. The second-order valence-electron chi connectivity index (χ2n) is 3.38. The molecule has 7 heteroatoms. The van der Waals surface area contributed by atoms with E-state index in [1.165, 1.54) is 18.3 Å². The van der Waals surface area contributed by atoms with E-state index in [1.54, 1.807) is 18.2 Å². The van der Waals surface area contributed by atoms with E-state index in [1.807, 2.05) is 0 Å². The average molecular weight is 253 g/mol. The molecule has 0 spiro atoms. The number of hydrogen-bond donors (Lipinski definition) is 2. The molecule has 3 N–H and O–H groups in total. The summed E-state index contributed by atoms with van der Waals surface area (Å²) >= 11 is 0. The molecule has 0 radical (unpaired) electrons. The van der Waals surface area contributed by atoms with Crippen LogP contribution in [0.4, 0.5) is 5.69 Å². The van der Waals surface area contributed by atoms with E-state index in [0.29, 0.717) is 11.4 Å². The summed E-state index contributed by atoms with van der Waals surface area (Å²) in [5.41, 5.74) is 5.92. The van der Waals surface area contributed by atoms with Gasteiger partial charge in [-0.3, -0.25) is 0 Å². The summed E-state index contributed by atoms with van der Waals surface area (Å²) in [6, 6.07) is 7.65. The summed E-state index contributed by atoms with van der Waals surface area (Å²) in [6.45, 7) is 0.0527. The third kappa shape index (κ3) is 2.83. The summed E-state index contributed by atoms with van der Waals surface area (Å²) < 4.78 is 30.9. The lowest BCUT2D eigenvalue weighted by molar-refractivity contribution is 0.380. The Labute approximate surface area is 98.5 Å². The topological polar surface area (TPSA) is 98.2 Å². The molecule has 2 rings (SSSR count). The lowest BCUT2D eigenvalue weighted by atomic mass is 10.3. The van der Waals surface area contributed by atoms with Crippen molar-refractivity contribution in [3.63, 3.8) is 0 Å². The second kappa shape index (κ2) is 4.56. The average Bonchev–Trinajstić information content (AvgIpc) is 2.79. The fourth-order valence-electron chi connectivity index (χ4n) is 1.26. The molecule has 0 amide bonds. The Morgan fingerprint density at radius 1 is 1.35 bits per heavy atom. The predicted octanol–water partition coefficient (Wildman–Crippen LogP) is 0.735. The quantitative estimate of drug-likeness (QED) is 0.783. The molecule has 0 saturated heterocycles. The number of sulfonamides is 1. The van der Waals surface area contributed by atoms with Gasteiger partial charge in [0.2, 0.25) is 10.0 Å². The molecule has 6 nitrogen and oxygen atoms in total. The standard InChI is InChI=1S/C10H11N3O3S/c11-8-2-1-3-10(6-8)17(14,15)13-7-9-4-5-12-16-9/h1-6,13H,7,11H2. The zero-order chi connectivity index (χ0) is 12.3. The van der Waals surface area contributed by atoms with Gasteiger partial charge in [0.15, 0.2) is 5.76 Å². The molecule has 17 heavy (non-hydrogen) atoms. The van der Waals surface area contributed by atoms with Gasteiger partial charge in [-0.05, 0) is 18.2 Å². The Hall–Kier alpha value is -1.86. The number of nitrogen functional groups attached to an aromatic ring is 1. The maximum Gasteiger partial charge on any atom is 0.241 e. The maximum atomic E-state index is 11.9. The highest BCUT2D eigenvalue weighted by atomic mass is 32.2. The first-order chi connectivity index (χ1) is 8.08. The Morgan fingerprint density at radius 3 is 2.82 bits per heavy atom. The van der Waals surface area contributed by atoms with Crippen molar-refractivity contribution in [2.75, 3.05) is 5.73 Å². The maximum absolute atomic E-state index is 11.9. The number of aromatic nitrogens is 1. The Balaban J connectivity index is 2.14. The predicted molar refractivity (Wildman–Crippen MR) is 61.4 cm³/mol. The van der Waals surface area contributed by atoms with Gasteiger partial charge in [-0.2, -0.15) is 0 Å². The minimum absolute atomic E-state index is 0.0527. The number of anilines is 1. The molecule has 0 unspecified atom stereocenters. The molecule has 1 aromatic heterocycles. The van der Waals surface area contributed by atoms with Crippen LogP contribution >= 0.6 is 0 Å². The zero-order valence-corrected chi connectivity index (χ0v) is 9.65. The van der Waals surface area contributed by atoms with Gasteiger partial charge in [0, 0.05) is 11.8 Å². The molecular formula is C10H11N3O3S. The fraction of sp³-hybridized carbons (Fsp3) is 0.100. The van der Waals surface area contributed by atoms with Gasteiger partial charge >= 0.3 is 0 Å². The molecule has 1 aromatic carbocycles. The van der Waals surface area contributed by atoms with E-state index < -0.39 is 10.0 Å². The first-order valence-electron chi connectivity index (χ1n) is 4.83. The number of nitrogens with two attached hydrogens (primary N) is 1. The first kappa shape index (κ1) is 11.6. The van der Waals surface area contributed by atoms with Crippen molar-refractivity contribution in [3.05, 3.63) is 42.3 Å². The SMILES string of the molecule is Nc1cccc(S(=O)(=O)NCc2ccno2)c1. The van der Waals surface area contributed by atoms with Crippen molar-refractivity contribution in [3.8, 4) is 0 Å². The van der Waals surface area contributed by atoms with Gasteiger partial charge in [-0.1, -0.05) is 11.2 Å². The van der Waals surface area contributed by atoms with Crippen molar-refractivity contribution in [1.29, 1.82) is 0 Å². The molecular weight excluding hydrogens is 242 g/mol. The van der Waals surface area contributed by atoms with E-state index in [4.69, 9.17) is 10.3 Å². The second-order valence-corrected chi connectivity index (χ2v) is 5.14. The van der Waals surface area contributed by atoms with Gasteiger partial charge in [-0.25, -0.2) is 13.1 Å². The van der Waals surface area contributed by atoms with Crippen LogP contribution in [0, 0.1) is 0 Å². The summed E-state index contributed by atoms with van der Waals surface area (Å²) in [7, 11) is -3.58. The number of rotatable bonds is 4. The largest absolute Gasteiger partial charge is 0.399 e. The van der Waals surface area contributed by atoms with Gasteiger partial charge in [0.05, 0.1) is 17.6 Å². The Morgan fingerprint density at radius 2 is 2.18 bits per heavy atom. The van der Waals surface area contributed by atoms with Crippen molar-refractivity contribution >= 4 is 15.7 Å². The number of benzene rings is 1. The fourth-order valence-corrected chi connectivity index (χ4v) is 2.31. The van der Waals surface area contributed by atoms with Crippen molar-refractivity contribution in [2.45, 2.75) is 11.4 Å². The molecule has 0 aliphatic rings. The van der Waals surface area contributed by atoms with Gasteiger partial charge in [0.1, 0.15) is 0 Å². The van der Waals surface area contributed by atoms with E-state index in [9.17, 15) is 8.42 Å². The first-order valence-corrected chi connectivity index (χ1v) is 6.31. The van der Waals surface area contributed by atoms with Crippen molar-refractivity contribution in [2.24, 2.45) is 0 Å². The van der Waals surface area contributed by atoms with Crippen LogP contribution in [0.15, 0.2) is 45.9 Å². The van der Waals surface area contributed by atoms with Crippen LogP contribution in [0.3, 0.4) is 0 Å². The van der Waals surface area contributed by atoms with Crippen LogP contribution in [-0.2, 0) is 16.6 Å². The number of hydrogen-bond acceptors (Lipinski definition) is 5. The summed E-state index contributed by atoms with van der Waals surface area (Å²) in [5.74, 6) is 0.442. The highest BCUT2D eigenvalue weighted by Crippen LogP contribution is 2.12. The normalized spacial score (nSPS) is 11.5. The van der Waals surface area contributed by atoms with E-state index in [0.717, 1.165) is 0 Å². The summed E-state index contributed by atoms with van der Waals surface area (Å²) in [4.78, 5) is 0.122. The third-order valence-corrected chi connectivity index (χ3v) is 3.49. The molecule has 0 fully saturated rings. The smallest absolute Gasteiger partial charge is 0.241 e. The van der Waals surface area contributed by atoms with Crippen molar-refractivity contribution in [1.82, 2.24) is 9.88 Å². The molecule has 90 valence electrons. The molecule has 2 aromatic rings. The molecule has 0 atom stereocenters. The highest BCUT2D eigenvalue weighted by Gasteiger charge is 2.14. The highest BCUT2D eigenvalue weighted by molar-refractivity contribution is 7.89. The van der Waals surface area contributed by atoms with E-state index in [-0.39, 0.29) is 11.4 Å². The molecule has 1 heterocycles. The molecule has 0 bridgehead atoms. The van der Waals surface area contributed by atoms with Crippen LogP contribution in [0.2, 0.25) is 0 Å². The minimum atomic E-state index is -3.58. The molecule has 0 saturated carbocycles. The van der Waals surface area contributed by atoms with Crippen LogP contribution in [0.25, 0.3) is 0 Å². The van der Waals surface area contributed by atoms with Gasteiger partial charge < -0.3 is 10.3 Å². The van der Waals surface area contributed by atoms with Gasteiger partial charge in [0.25, 0.3) is 0 Å². The lowest BCUT2D eigenvalue weighted by Crippen LogP contribution is -2.23. The van der Waals surface area contributed by atoms with Crippen LogP contribution in [0.5, 0.6) is 0 Å². The van der Waals surface area contributed by atoms with Crippen LogP contribution in [-0.4, -0.2) is 13.6 Å². The number of nitrogens with one attached hydrogen (secondary N) is 1. The summed E-state index contributed by atoms with van der Waals surface area (Å²) in [6.07, 6.45) is 1.45. The van der Waals surface area contributed by atoms with Crippen molar-refractivity contribution < 1.29 is 12.9 Å². The number of nitrogens with zero attached hydrogens (tertiary/aromatic N) is 1. The summed E-state index contributed by atoms with van der Waals surface area (Å²) in [5, 5.41) is 3.48. The zero-order valence-electron chi connectivity index (χ0n) is 8.83. The Bertz CT molecular complexity index is 593. The van der Waals surface area contributed by atoms with Crippen LogP contribution < -0.4 is 10.5 Å². The monoisotopic (exact) mass is 253 g/mol. The minimum Gasteiger partial charge on any atom is -0.399 e. The Kier molecular flexibility index (Phi) is 3.12. The lowest BCUT2D eigenvalue weighted by Gasteiger charge is -2.05. The van der Waals surface area contributed by atoms with E-state index >= 15 is 0 Å². The van der Waals surface area contributed by atoms with Crippen LogP contribution in [0.1, 0.15) is 5.76 Å². The molecule has 0 aliphatic carbocycles. The molecule has 0 aliphatic heterocycles. The van der Waals surface area contributed by atoms with Gasteiger partial charge in [-0.15, -0.1) is 0 Å².